The molecule has 0 bridgehead atoms. The van der Waals surface area contributed by atoms with Crippen molar-refractivity contribution in [2.24, 2.45) is 0 Å². The van der Waals surface area contributed by atoms with Crippen molar-refractivity contribution in [2.45, 2.75) is 6.92 Å². The van der Waals surface area contributed by atoms with E-state index in [-0.39, 0.29) is 5.91 Å². The van der Waals surface area contributed by atoms with Gasteiger partial charge in [0.15, 0.2) is 5.69 Å². The highest BCUT2D eigenvalue weighted by Gasteiger charge is 2.08. The lowest BCUT2D eigenvalue weighted by Gasteiger charge is -2.04. The second kappa shape index (κ2) is 4.29. The number of amides is 1. The summed E-state index contributed by atoms with van der Waals surface area (Å²) < 4.78 is 1.63. The molecule has 0 aliphatic heterocycles. The topological polar surface area (TPSA) is 72.9 Å². The van der Waals surface area contributed by atoms with Gasteiger partial charge in [-0.15, -0.1) is 0 Å². The Morgan fingerprint density at radius 3 is 2.82 bits per heavy atom. The van der Waals surface area contributed by atoms with Crippen LogP contribution in [0.2, 0.25) is 0 Å². The number of nitrogens with zero attached hydrogens (tertiary/aromatic N) is 2. The van der Waals surface area contributed by atoms with Crippen molar-refractivity contribution in [1.29, 1.82) is 0 Å². The summed E-state index contributed by atoms with van der Waals surface area (Å²) >= 11 is 0. The van der Waals surface area contributed by atoms with E-state index in [1.54, 1.807) is 24.0 Å². The number of nitrogen functional groups attached to an aromatic ring is 1. The summed E-state index contributed by atoms with van der Waals surface area (Å²) in [6, 6.07) is 7.31. The van der Waals surface area contributed by atoms with Gasteiger partial charge in [0.05, 0.1) is 5.69 Å². The molecule has 5 nitrogen and oxygen atoms in total. The van der Waals surface area contributed by atoms with Gasteiger partial charge in [-0.05, 0) is 36.8 Å². The Bertz CT molecular complexity index is 539. The summed E-state index contributed by atoms with van der Waals surface area (Å²) in [6.07, 6.45) is 1.73. The highest BCUT2D eigenvalue weighted by Crippen LogP contribution is 2.15. The minimum absolute atomic E-state index is 0.204. The number of nitrogens with one attached hydrogen (secondary N) is 1. The fourth-order valence-corrected chi connectivity index (χ4v) is 1.64. The molecule has 1 heterocycles. The van der Waals surface area contributed by atoms with Crippen LogP contribution in [-0.4, -0.2) is 22.7 Å². The van der Waals surface area contributed by atoms with E-state index in [0.717, 1.165) is 11.3 Å². The normalized spacial score (nSPS) is 10.2. The number of aryl methyl sites for hydroxylation is 1. The maximum absolute atomic E-state index is 11.4. The molecule has 17 heavy (non-hydrogen) atoms. The largest absolute Gasteiger partial charge is 0.399 e. The van der Waals surface area contributed by atoms with E-state index in [4.69, 9.17) is 5.73 Å². The van der Waals surface area contributed by atoms with Gasteiger partial charge in [0.2, 0.25) is 0 Å². The highest BCUT2D eigenvalue weighted by molar-refractivity contribution is 5.91. The monoisotopic (exact) mass is 230 g/mol. The zero-order valence-electron chi connectivity index (χ0n) is 9.77. The van der Waals surface area contributed by atoms with E-state index >= 15 is 0 Å². The van der Waals surface area contributed by atoms with Crippen molar-refractivity contribution in [3.8, 4) is 5.69 Å². The molecule has 1 aromatic heterocycles. The fraction of sp³-hybridized carbons (Fsp3) is 0.167. The van der Waals surface area contributed by atoms with Crippen molar-refractivity contribution < 1.29 is 4.79 Å². The first-order chi connectivity index (χ1) is 8.10. The van der Waals surface area contributed by atoms with Crippen LogP contribution >= 0.6 is 0 Å². The Hall–Kier alpha value is -2.30. The van der Waals surface area contributed by atoms with Crippen LogP contribution in [0.3, 0.4) is 0 Å². The maximum atomic E-state index is 11.4. The van der Waals surface area contributed by atoms with E-state index in [9.17, 15) is 4.79 Å². The number of hydrogen-bond acceptors (Lipinski definition) is 3. The fourth-order valence-electron chi connectivity index (χ4n) is 1.64. The highest BCUT2D eigenvalue weighted by atomic mass is 16.1. The number of hydrogen-bond donors (Lipinski definition) is 2. The van der Waals surface area contributed by atoms with Crippen LogP contribution in [0.25, 0.3) is 5.69 Å². The third-order valence-electron chi connectivity index (χ3n) is 2.40. The van der Waals surface area contributed by atoms with Gasteiger partial charge in [-0.2, -0.15) is 5.10 Å². The maximum Gasteiger partial charge on any atom is 0.271 e. The summed E-state index contributed by atoms with van der Waals surface area (Å²) in [5, 5.41) is 6.71. The van der Waals surface area contributed by atoms with Crippen LogP contribution < -0.4 is 11.1 Å². The minimum Gasteiger partial charge on any atom is -0.399 e. The molecule has 0 aliphatic carbocycles. The van der Waals surface area contributed by atoms with Crippen molar-refractivity contribution >= 4 is 11.6 Å². The second-order valence-electron chi connectivity index (χ2n) is 3.83. The first-order valence-corrected chi connectivity index (χ1v) is 5.25. The Balaban J connectivity index is 2.40. The number of nitrogens with two attached hydrogens (primary N) is 1. The zero-order chi connectivity index (χ0) is 12.4. The summed E-state index contributed by atoms with van der Waals surface area (Å²) in [7, 11) is 1.58. The summed E-state index contributed by atoms with van der Waals surface area (Å²) in [6.45, 7) is 1.96. The van der Waals surface area contributed by atoms with E-state index in [1.807, 2.05) is 25.1 Å². The molecule has 0 radical (unpaired) electrons. The van der Waals surface area contributed by atoms with Crippen molar-refractivity contribution in [2.75, 3.05) is 12.8 Å². The van der Waals surface area contributed by atoms with Gasteiger partial charge >= 0.3 is 0 Å². The lowest BCUT2D eigenvalue weighted by Crippen LogP contribution is -2.18. The van der Waals surface area contributed by atoms with Crippen LogP contribution in [0.4, 0.5) is 5.69 Å². The number of carbonyl (C=O) groups is 1. The molecule has 0 atom stereocenters. The second-order valence-corrected chi connectivity index (χ2v) is 3.83. The third-order valence-corrected chi connectivity index (χ3v) is 2.40. The molecule has 1 amide bonds. The molecule has 5 heteroatoms. The van der Waals surface area contributed by atoms with E-state index in [2.05, 4.69) is 10.4 Å². The molecule has 2 aromatic rings. The molecule has 88 valence electrons. The van der Waals surface area contributed by atoms with Crippen molar-refractivity contribution in [3.05, 3.63) is 41.7 Å². The van der Waals surface area contributed by atoms with Gasteiger partial charge in [0.1, 0.15) is 0 Å². The van der Waals surface area contributed by atoms with Crippen LogP contribution in [0, 0.1) is 6.92 Å². The Kier molecular flexibility index (Phi) is 2.82. The van der Waals surface area contributed by atoms with Crippen LogP contribution in [0.1, 0.15) is 16.1 Å². The molecule has 0 aliphatic rings. The molecule has 3 N–H and O–H groups in total. The number of carbonyl (C=O) groups excluding carboxylic acids is 1. The van der Waals surface area contributed by atoms with Gasteiger partial charge in [-0.1, -0.05) is 0 Å². The quantitative estimate of drug-likeness (QED) is 0.759. The van der Waals surface area contributed by atoms with Gasteiger partial charge in [0.25, 0.3) is 5.91 Å². The minimum atomic E-state index is -0.204. The van der Waals surface area contributed by atoms with Gasteiger partial charge in [0, 0.05) is 18.9 Å². The molecule has 0 spiro atoms. The van der Waals surface area contributed by atoms with Gasteiger partial charge in [-0.3, -0.25) is 4.79 Å². The molecule has 2 rings (SSSR count). The van der Waals surface area contributed by atoms with Gasteiger partial charge < -0.3 is 11.1 Å². The molecule has 1 aromatic carbocycles. The smallest absolute Gasteiger partial charge is 0.271 e. The first kappa shape index (κ1) is 11.2. The van der Waals surface area contributed by atoms with Crippen molar-refractivity contribution in [1.82, 2.24) is 15.1 Å². The van der Waals surface area contributed by atoms with Crippen molar-refractivity contribution in [3.63, 3.8) is 0 Å². The number of anilines is 1. The van der Waals surface area contributed by atoms with Gasteiger partial charge in [-0.25, -0.2) is 4.68 Å². The Morgan fingerprint density at radius 2 is 2.18 bits per heavy atom. The standard InChI is InChI=1S/C12H14N4O/c1-8-5-9(13)7-10(6-8)16-4-3-11(15-16)12(17)14-2/h3-7H,13H2,1-2H3,(H,14,17). The lowest BCUT2D eigenvalue weighted by molar-refractivity contribution is 0.0958. The van der Waals surface area contributed by atoms with Crippen LogP contribution in [-0.2, 0) is 0 Å². The number of rotatable bonds is 2. The summed E-state index contributed by atoms with van der Waals surface area (Å²) in [4.78, 5) is 11.4. The molecule has 0 saturated heterocycles. The molecular weight excluding hydrogens is 216 g/mol. The number of benzene rings is 1. The van der Waals surface area contributed by atoms with E-state index in [1.165, 1.54) is 0 Å². The predicted octanol–water partition coefficient (Wildman–Crippen LogP) is 1.12. The predicted molar refractivity (Wildman–Crippen MR) is 66.1 cm³/mol. The summed E-state index contributed by atoms with van der Waals surface area (Å²) in [5.74, 6) is -0.204. The number of aromatic nitrogens is 2. The SMILES string of the molecule is CNC(=O)c1ccn(-c2cc(C)cc(N)c2)n1. The lowest BCUT2D eigenvalue weighted by atomic mass is 10.2. The molecular formula is C12H14N4O. The zero-order valence-corrected chi connectivity index (χ0v) is 9.77. The molecule has 0 saturated carbocycles. The molecule has 0 fully saturated rings. The Labute approximate surface area is 99.2 Å². The van der Waals surface area contributed by atoms with Crippen LogP contribution in [0.5, 0.6) is 0 Å². The van der Waals surface area contributed by atoms with E-state index in [0.29, 0.717) is 11.4 Å². The average Bonchev–Trinajstić information content (AvgIpc) is 2.76. The summed E-state index contributed by atoms with van der Waals surface area (Å²) in [5.41, 5.74) is 8.73. The van der Waals surface area contributed by atoms with Crippen LogP contribution in [0.15, 0.2) is 30.5 Å². The third kappa shape index (κ3) is 2.28. The average molecular weight is 230 g/mol. The van der Waals surface area contributed by atoms with E-state index < -0.39 is 0 Å². The first-order valence-electron chi connectivity index (χ1n) is 5.25. The molecule has 0 unspecified atom stereocenters. The Morgan fingerprint density at radius 1 is 1.41 bits per heavy atom.